The first-order valence-corrected chi connectivity index (χ1v) is 12.0. The maximum absolute atomic E-state index is 13.3. The third-order valence-electron chi connectivity index (χ3n) is 6.24. The van der Waals surface area contributed by atoms with E-state index in [1.807, 2.05) is 31.5 Å². The summed E-state index contributed by atoms with van der Waals surface area (Å²) in [7, 11) is 0. The fourth-order valence-corrected chi connectivity index (χ4v) is 4.29. The maximum atomic E-state index is 13.3. The number of anilines is 1. The normalized spacial score (nSPS) is 14.6. The van der Waals surface area contributed by atoms with Gasteiger partial charge < -0.3 is 15.0 Å². The van der Waals surface area contributed by atoms with Crippen LogP contribution in [0.1, 0.15) is 66.7 Å². The van der Waals surface area contributed by atoms with Gasteiger partial charge in [0.25, 0.3) is 5.91 Å². The van der Waals surface area contributed by atoms with Crippen molar-refractivity contribution < 1.29 is 14.3 Å². The second-order valence-corrected chi connectivity index (χ2v) is 10.1. The summed E-state index contributed by atoms with van der Waals surface area (Å²) in [5, 5.41) is 7.57. The van der Waals surface area contributed by atoms with Crippen molar-refractivity contribution in [2.45, 2.75) is 59.0 Å². The SMILES string of the molecule is Cc1ccc(-n2ncc(C(=O)Nc3cccnc3)c2C2CCN(C(=O)OC(C)(C)C)CC2)cc1C. The molecule has 184 valence electrons. The number of aromatic nitrogens is 3. The van der Waals surface area contributed by atoms with Crippen molar-refractivity contribution in [3.63, 3.8) is 0 Å². The molecule has 3 heterocycles. The molecule has 4 rings (SSSR count). The number of carbonyl (C=O) groups is 2. The Bertz CT molecular complexity index is 1210. The van der Waals surface area contributed by atoms with Gasteiger partial charge in [0.2, 0.25) is 0 Å². The van der Waals surface area contributed by atoms with Crippen LogP contribution in [-0.2, 0) is 4.74 Å². The van der Waals surface area contributed by atoms with Crippen LogP contribution in [0.25, 0.3) is 5.69 Å². The van der Waals surface area contributed by atoms with Gasteiger partial charge in [0.05, 0.1) is 35.0 Å². The molecular formula is C27H33N5O3. The molecule has 1 saturated heterocycles. The van der Waals surface area contributed by atoms with E-state index in [0.717, 1.165) is 16.9 Å². The maximum Gasteiger partial charge on any atom is 0.410 e. The third-order valence-corrected chi connectivity index (χ3v) is 6.24. The zero-order valence-corrected chi connectivity index (χ0v) is 21.0. The summed E-state index contributed by atoms with van der Waals surface area (Å²) in [6.07, 6.45) is 6.04. The molecule has 1 aliphatic heterocycles. The van der Waals surface area contributed by atoms with Gasteiger partial charge in [-0.1, -0.05) is 6.07 Å². The van der Waals surface area contributed by atoms with Crippen LogP contribution in [0.4, 0.5) is 10.5 Å². The van der Waals surface area contributed by atoms with Crippen molar-refractivity contribution >= 4 is 17.7 Å². The summed E-state index contributed by atoms with van der Waals surface area (Å²) >= 11 is 0. The summed E-state index contributed by atoms with van der Waals surface area (Å²) in [5.74, 6) is -0.162. The summed E-state index contributed by atoms with van der Waals surface area (Å²) < 4.78 is 7.42. The molecule has 3 aromatic rings. The topological polar surface area (TPSA) is 89.4 Å². The van der Waals surface area contributed by atoms with Crippen LogP contribution >= 0.6 is 0 Å². The van der Waals surface area contributed by atoms with E-state index in [0.29, 0.717) is 37.2 Å². The number of piperidine rings is 1. The van der Waals surface area contributed by atoms with Gasteiger partial charge >= 0.3 is 6.09 Å². The fourth-order valence-electron chi connectivity index (χ4n) is 4.29. The minimum Gasteiger partial charge on any atom is -0.444 e. The third kappa shape index (κ3) is 5.70. The molecule has 35 heavy (non-hydrogen) atoms. The fraction of sp³-hybridized carbons (Fsp3) is 0.407. The zero-order valence-electron chi connectivity index (χ0n) is 21.0. The highest BCUT2D eigenvalue weighted by Crippen LogP contribution is 2.33. The van der Waals surface area contributed by atoms with Gasteiger partial charge in [-0.2, -0.15) is 5.10 Å². The first kappa shape index (κ1) is 24.4. The Morgan fingerprint density at radius 2 is 1.80 bits per heavy atom. The van der Waals surface area contributed by atoms with E-state index in [1.165, 1.54) is 5.56 Å². The predicted octanol–water partition coefficient (Wildman–Crippen LogP) is 5.25. The van der Waals surface area contributed by atoms with Crippen molar-refractivity contribution in [2.24, 2.45) is 0 Å². The molecule has 1 aliphatic rings. The highest BCUT2D eigenvalue weighted by Gasteiger charge is 2.32. The minimum absolute atomic E-state index is 0.0624. The number of nitrogens with zero attached hydrogens (tertiary/aromatic N) is 4. The molecule has 0 saturated carbocycles. The Morgan fingerprint density at radius 3 is 2.43 bits per heavy atom. The lowest BCUT2D eigenvalue weighted by molar-refractivity contribution is 0.0203. The summed E-state index contributed by atoms with van der Waals surface area (Å²) in [6.45, 7) is 10.9. The monoisotopic (exact) mass is 475 g/mol. The Kier molecular flexibility index (Phi) is 6.91. The molecule has 0 bridgehead atoms. The average Bonchev–Trinajstić information content (AvgIpc) is 3.26. The number of nitrogens with one attached hydrogen (secondary N) is 1. The van der Waals surface area contributed by atoms with Crippen LogP contribution in [0.5, 0.6) is 0 Å². The summed E-state index contributed by atoms with van der Waals surface area (Å²) in [5.41, 5.74) is 4.75. The van der Waals surface area contributed by atoms with Crippen molar-refractivity contribution in [2.75, 3.05) is 18.4 Å². The Labute approximate surface area is 206 Å². The van der Waals surface area contributed by atoms with Gasteiger partial charge in [0.1, 0.15) is 5.60 Å². The molecule has 1 fully saturated rings. The number of hydrogen-bond donors (Lipinski definition) is 1. The van der Waals surface area contributed by atoms with Gasteiger partial charge in [-0.05, 0) is 82.9 Å². The lowest BCUT2D eigenvalue weighted by Crippen LogP contribution is -2.41. The van der Waals surface area contributed by atoms with E-state index in [9.17, 15) is 9.59 Å². The number of hydrogen-bond acceptors (Lipinski definition) is 5. The molecule has 8 nitrogen and oxygen atoms in total. The molecular weight excluding hydrogens is 442 g/mol. The standard InChI is InChI=1S/C27H33N5O3/c1-18-8-9-22(15-19(18)2)32-24(20-10-13-31(14-11-20)26(34)35-27(3,4)5)23(17-29-32)25(33)30-21-7-6-12-28-16-21/h6-9,12,15-17,20H,10-11,13-14H2,1-5H3,(H,30,33). The van der Waals surface area contributed by atoms with Gasteiger partial charge in [0.15, 0.2) is 0 Å². The zero-order chi connectivity index (χ0) is 25.2. The summed E-state index contributed by atoms with van der Waals surface area (Å²) in [4.78, 5) is 31.7. The van der Waals surface area contributed by atoms with E-state index in [-0.39, 0.29) is 17.9 Å². The minimum atomic E-state index is -0.534. The molecule has 0 aliphatic carbocycles. The number of aryl methyl sites for hydroxylation is 2. The van der Waals surface area contributed by atoms with E-state index < -0.39 is 5.60 Å². The van der Waals surface area contributed by atoms with Crippen LogP contribution < -0.4 is 5.32 Å². The van der Waals surface area contributed by atoms with Crippen LogP contribution in [0.3, 0.4) is 0 Å². The number of ether oxygens (including phenoxy) is 1. The molecule has 2 amide bonds. The number of pyridine rings is 1. The van der Waals surface area contributed by atoms with Crippen LogP contribution in [-0.4, -0.2) is 50.4 Å². The molecule has 8 heteroatoms. The number of carbonyl (C=O) groups excluding carboxylic acids is 2. The Morgan fingerprint density at radius 1 is 1.06 bits per heavy atom. The largest absolute Gasteiger partial charge is 0.444 e. The van der Waals surface area contributed by atoms with Crippen LogP contribution in [0.2, 0.25) is 0 Å². The average molecular weight is 476 g/mol. The van der Waals surface area contributed by atoms with Crippen LogP contribution in [0, 0.1) is 13.8 Å². The van der Waals surface area contributed by atoms with E-state index in [1.54, 1.807) is 35.6 Å². The number of amides is 2. The molecule has 1 N–H and O–H groups in total. The van der Waals surface area contributed by atoms with Crippen molar-refractivity contribution in [1.29, 1.82) is 0 Å². The first-order chi connectivity index (χ1) is 16.6. The molecule has 2 aromatic heterocycles. The van der Waals surface area contributed by atoms with Gasteiger partial charge in [-0.15, -0.1) is 0 Å². The van der Waals surface area contributed by atoms with E-state index in [2.05, 4.69) is 41.4 Å². The van der Waals surface area contributed by atoms with Crippen molar-refractivity contribution in [1.82, 2.24) is 19.7 Å². The van der Waals surface area contributed by atoms with E-state index in [4.69, 9.17) is 4.74 Å². The van der Waals surface area contributed by atoms with Gasteiger partial charge in [-0.25, -0.2) is 9.48 Å². The van der Waals surface area contributed by atoms with Gasteiger partial charge in [-0.3, -0.25) is 9.78 Å². The van der Waals surface area contributed by atoms with Crippen molar-refractivity contribution in [3.8, 4) is 5.69 Å². The lowest BCUT2D eigenvalue weighted by Gasteiger charge is -2.34. The first-order valence-electron chi connectivity index (χ1n) is 12.0. The Balaban J connectivity index is 1.63. The molecule has 0 atom stereocenters. The number of likely N-dealkylation sites (tertiary alicyclic amines) is 1. The quantitative estimate of drug-likeness (QED) is 0.557. The molecule has 0 spiro atoms. The summed E-state index contributed by atoms with van der Waals surface area (Å²) in [6, 6.07) is 9.76. The van der Waals surface area contributed by atoms with Crippen molar-refractivity contribution in [3.05, 3.63) is 71.3 Å². The van der Waals surface area contributed by atoms with E-state index >= 15 is 0 Å². The number of rotatable bonds is 4. The highest BCUT2D eigenvalue weighted by molar-refractivity contribution is 6.05. The second kappa shape index (κ2) is 9.90. The Hall–Kier alpha value is -3.68. The number of benzene rings is 1. The molecule has 0 unspecified atom stereocenters. The predicted molar refractivity (Wildman–Crippen MR) is 135 cm³/mol. The molecule has 0 radical (unpaired) electrons. The smallest absolute Gasteiger partial charge is 0.410 e. The van der Waals surface area contributed by atoms with Crippen LogP contribution in [0.15, 0.2) is 48.9 Å². The van der Waals surface area contributed by atoms with Gasteiger partial charge in [0, 0.05) is 25.2 Å². The second-order valence-electron chi connectivity index (χ2n) is 10.1. The highest BCUT2D eigenvalue weighted by atomic mass is 16.6. The lowest BCUT2D eigenvalue weighted by atomic mass is 9.90. The molecule has 1 aromatic carbocycles.